The van der Waals surface area contributed by atoms with Crippen LogP contribution in [0.15, 0.2) is 42.0 Å². The van der Waals surface area contributed by atoms with Crippen LogP contribution in [0.1, 0.15) is 148 Å². The number of hydrogen-bond donors (Lipinski definition) is 1. The molecule has 2 aromatic rings. The number of aromatic nitrogens is 2. The van der Waals surface area contributed by atoms with Crippen molar-refractivity contribution in [1.82, 2.24) is 9.97 Å². The van der Waals surface area contributed by atoms with E-state index in [0.29, 0.717) is 36.3 Å². The molecule has 51 heavy (non-hydrogen) atoms. The summed E-state index contributed by atoms with van der Waals surface area (Å²) >= 11 is 0. The molecule has 6 aliphatic rings. The fourth-order valence-electron chi connectivity index (χ4n) is 13.9. The summed E-state index contributed by atoms with van der Waals surface area (Å²) in [5, 5.41) is 4.00. The first-order chi connectivity index (χ1) is 24.2. The summed E-state index contributed by atoms with van der Waals surface area (Å²) in [5.74, 6) is 4.52. The van der Waals surface area contributed by atoms with E-state index in [1.54, 1.807) is 5.57 Å². The van der Waals surface area contributed by atoms with Crippen molar-refractivity contribution in [3.05, 3.63) is 64.6 Å². The van der Waals surface area contributed by atoms with E-state index in [2.05, 4.69) is 78.9 Å². The third-order valence-electron chi connectivity index (χ3n) is 17.0. The van der Waals surface area contributed by atoms with Gasteiger partial charge in [0.2, 0.25) is 0 Å². The lowest BCUT2D eigenvalue weighted by atomic mass is 9.33. The highest BCUT2D eigenvalue weighted by Gasteiger charge is 2.69. The maximum absolute atomic E-state index is 14.5. The molecule has 0 unspecified atom stereocenters. The van der Waals surface area contributed by atoms with Gasteiger partial charge in [-0.05, 0) is 123 Å². The van der Waals surface area contributed by atoms with Gasteiger partial charge in [-0.25, -0.2) is 9.97 Å². The van der Waals surface area contributed by atoms with Crippen LogP contribution in [0.25, 0.3) is 0 Å². The van der Waals surface area contributed by atoms with Crippen molar-refractivity contribution in [3.8, 4) is 0 Å². The Bertz CT molecular complexity index is 1690. The minimum atomic E-state index is -0.420. The van der Waals surface area contributed by atoms with E-state index in [4.69, 9.17) is 14.7 Å². The van der Waals surface area contributed by atoms with Gasteiger partial charge in [0.15, 0.2) is 0 Å². The lowest BCUT2D eigenvalue weighted by Gasteiger charge is -2.71. The third kappa shape index (κ3) is 5.23. The van der Waals surface area contributed by atoms with E-state index >= 15 is 0 Å². The van der Waals surface area contributed by atoms with E-state index in [1.807, 2.05) is 18.2 Å². The van der Waals surface area contributed by atoms with Crippen molar-refractivity contribution in [2.45, 2.75) is 157 Å². The molecule has 1 heterocycles. The highest BCUT2D eigenvalue weighted by Crippen LogP contribution is 2.75. The largest absolute Gasteiger partial charge is 0.460 e. The molecule has 8 rings (SSSR count). The van der Waals surface area contributed by atoms with Crippen molar-refractivity contribution in [2.24, 2.45) is 51.2 Å². The van der Waals surface area contributed by atoms with Gasteiger partial charge in [-0.1, -0.05) is 110 Å². The molecule has 4 saturated carbocycles. The molecule has 0 radical (unpaired) electrons. The van der Waals surface area contributed by atoms with Gasteiger partial charge in [-0.3, -0.25) is 4.79 Å². The summed E-state index contributed by atoms with van der Waals surface area (Å²) in [6.45, 7) is 20.3. The summed E-state index contributed by atoms with van der Waals surface area (Å²) in [6, 6.07) is 10.8. The molecule has 1 N–H and O–H groups in total. The number of aryl methyl sites for hydroxylation is 1. The lowest BCUT2D eigenvalue weighted by Crippen LogP contribution is -2.65. The van der Waals surface area contributed by atoms with Crippen LogP contribution in [0.4, 0.5) is 5.82 Å². The average molecular weight is 692 g/mol. The zero-order valence-corrected chi connectivity index (χ0v) is 33.0. The topological polar surface area (TPSA) is 64.1 Å². The minimum absolute atomic E-state index is 0.0250. The van der Waals surface area contributed by atoms with Gasteiger partial charge in [0.1, 0.15) is 18.2 Å². The number of esters is 1. The van der Waals surface area contributed by atoms with Crippen molar-refractivity contribution in [2.75, 3.05) is 5.32 Å². The Balaban J connectivity index is 1.17. The fraction of sp³-hybridized carbons (Fsp3) is 0.717. The third-order valence-corrected chi connectivity index (χ3v) is 17.0. The van der Waals surface area contributed by atoms with Gasteiger partial charge >= 0.3 is 5.97 Å². The van der Waals surface area contributed by atoms with Crippen LogP contribution in [-0.4, -0.2) is 22.0 Å². The van der Waals surface area contributed by atoms with Gasteiger partial charge in [0.25, 0.3) is 0 Å². The Morgan fingerprint density at radius 1 is 0.882 bits per heavy atom. The van der Waals surface area contributed by atoms with Crippen LogP contribution in [-0.2, 0) is 28.0 Å². The second-order valence-electron chi connectivity index (χ2n) is 19.7. The van der Waals surface area contributed by atoms with Gasteiger partial charge in [-0.15, -0.1) is 0 Å². The fourth-order valence-corrected chi connectivity index (χ4v) is 13.9. The maximum Gasteiger partial charge on any atom is 0.313 e. The Labute approximate surface area is 308 Å². The Morgan fingerprint density at radius 3 is 2.37 bits per heavy atom. The molecule has 0 bridgehead atoms. The second-order valence-corrected chi connectivity index (χ2v) is 19.7. The molecule has 1 aromatic carbocycles. The molecule has 4 fully saturated rings. The second kappa shape index (κ2) is 12.4. The number of carbonyl (C=O) groups is 1. The first-order valence-electron chi connectivity index (χ1n) is 20.8. The Morgan fingerprint density at radius 2 is 1.63 bits per heavy atom. The number of nitrogens with one attached hydrogen (secondary N) is 1. The van der Waals surface area contributed by atoms with Crippen molar-refractivity contribution < 1.29 is 9.53 Å². The average Bonchev–Trinajstić information content (AvgIpc) is 3.10. The van der Waals surface area contributed by atoms with E-state index < -0.39 is 5.41 Å². The maximum atomic E-state index is 14.5. The van der Waals surface area contributed by atoms with E-state index in [0.717, 1.165) is 55.7 Å². The summed E-state index contributed by atoms with van der Waals surface area (Å²) in [7, 11) is 0. The van der Waals surface area contributed by atoms with Gasteiger partial charge in [-0.2, -0.15) is 0 Å². The summed E-state index contributed by atoms with van der Waals surface area (Å²) < 4.78 is 6.29. The summed E-state index contributed by atoms with van der Waals surface area (Å²) in [4.78, 5) is 24.9. The van der Waals surface area contributed by atoms with E-state index in [-0.39, 0.29) is 33.5 Å². The van der Waals surface area contributed by atoms with Gasteiger partial charge in [0.05, 0.1) is 11.1 Å². The number of benzene rings is 1. The molecule has 6 aliphatic carbocycles. The molecule has 0 amide bonds. The Kier molecular flexibility index (Phi) is 8.62. The smallest absolute Gasteiger partial charge is 0.313 e. The molecule has 9 atom stereocenters. The molecule has 0 spiro atoms. The first-order valence-corrected chi connectivity index (χ1v) is 20.8. The number of allylic oxidation sites excluding steroid dienone is 2. The lowest BCUT2D eigenvalue weighted by molar-refractivity contribution is -0.184. The van der Waals surface area contributed by atoms with Crippen LogP contribution in [0.3, 0.4) is 0 Å². The number of fused-ring (bicyclic) bond motifs is 8. The SMILES string of the molecule is Cc1nc(NC2CCCCC2)c2c(n1)C(C)(C)[C@H]1CC[C@@]3(C)[C@@H](CC=C4[C@@H]5[C@@H](C)[C@@H](C)CC[C@]5(C(=O)OCc5ccccc5)CC[C@]43C)[C@]1(C)C2. The number of hydrogen-bond acceptors (Lipinski definition) is 5. The minimum Gasteiger partial charge on any atom is -0.460 e. The highest BCUT2D eigenvalue weighted by atomic mass is 16.5. The summed E-state index contributed by atoms with van der Waals surface area (Å²) in [5.41, 5.74) is 5.28. The number of carbonyl (C=O) groups excluding carboxylic acids is 1. The van der Waals surface area contributed by atoms with Crippen LogP contribution < -0.4 is 5.32 Å². The highest BCUT2D eigenvalue weighted by molar-refractivity contribution is 5.79. The van der Waals surface area contributed by atoms with Crippen molar-refractivity contribution >= 4 is 11.8 Å². The zero-order valence-electron chi connectivity index (χ0n) is 33.0. The standard InChI is InChI=1S/C46H65N3O2/c1-29-21-24-46(41(50)51-28-32-15-11-9-12-16-32)26-25-44(7)35(38(46)30(29)2)19-20-37-43(6)27-34-39(42(4,5)36(43)22-23-45(37,44)8)47-31(3)48-40(34)49-33-17-13-10-14-18-33/h9,11-12,15-16,19,29-30,33,36-38H,10,13-14,17-18,20-28H2,1-8H3,(H,47,48,49)/t29-,30-,36+,37-,38-,43+,44+,45-,46-/m0/s1. The number of ether oxygens (including phenoxy) is 1. The number of nitrogens with zero attached hydrogens (tertiary/aromatic N) is 2. The van der Waals surface area contributed by atoms with Crippen LogP contribution in [0.5, 0.6) is 0 Å². The molecule has 1 aromatic heterocycles. The number of anilines is 1. The molecular formula is C46H65N3O2. The van der Waals surface area contributed by atoms with Gasteiger partial charge in [0, 0.05) is 17.0 Å². The molecule has 276 valence electrons. The van der Waals surface area contributed by atoms with Crippen molar-refractivity contribution in [1.29, 1.82) is 0 Å². The van der Waals surface area contributed by atoms with Gasteiger partial charge < -0.3 is 10.1 Å². The molecule has 5 nitrogen and oxygen atoms in total. The Hall–Kier alpha value is -2.69. The van der Waals surface area contributed by atoms with E-state index in [1.165, 1.54) is 56.2 Å². The molecule has 5 heteroatoms. The molecular weight excluding hydrogens is 627 g/mol. The monoisotopic (exact) mass is 692 g/mol. The first kappa shape index (κ1) is 35.3. The summed E-state index contributed by atoms with van der Waals surface area (Å²) in [6.07, 6.45) is 17.9. The molecule has 0 aliphatic heterocycles. The predicted molar refractivity (Wildman–Crippen MR) is 206 cm³/mol. The molecule has 0 saturated heterocycles. The zero-order chi connectivity index (χ0) is 36.0. The van der Waals surface area contributed by atoms with Crippen molar-refractivity contribution in [3.63, 3.8) is 0 Å². The van der Waals surface area contributed by atoms with Crippen LogP contribution in [0.2, 0.25) is 0 Å². The normalized spacial score (nSPS) is 40.0. The number of rotatable bonds is 5. The van der Waals surface area contributed by atoms with E-state index in [9.17, 15) is 4.79 Å². The predicted octanol–water partition coefficient (Wildman–Crippen LogP) is 10.9. The quantitative estimate of drug-likeness (QED) is 0.250. The van der Waals surface area contributed by atoms with Crippen LogP contribution in [0, 0.1) is 58.2 Å². The van der Waals surface area contributed by atoms with Crippen LogP contribution >= 0.6 is 0 Å².